The minimum absolute atomic E-state index is 0.0189. The van der Waals surface area contributed by atoms with Crippen molar-refractivity contribution in [2.45, 2.75) is 13.3 Å². The lowest BCUT2D eigenvalue weighted by Crippen LogP contribution is -2.21. The summed E-state index contributed by atoms with van der Waals surface area (Å²) >= 11 is 0. The Hall–Kier alpha value is -2.21. The molecule has 2 N–H and O–H groups in total. The predicted molar refractivity (Wildman–Crippen MR) is 73.1 cm³/mol. The van der Waals surface area contributed by atoms with Gasteiger partial charge >= 0.3 is 0 Å². The van der Waals surface area contributed by atoms with Crippen LogP contribution in [0.4, 0.5) is 5.69 Å². The number of hydrogen-bond acceptors (Lipinski definition) is 4. The normalized spacial score (nSPS) is 10.4. The first-order valence-corrected chi connectivity index (χ1v) is 6.26. The lowest BCUT2D eigenvalue weighted by molar-refractivity contribution is -0.116. The van der Waals surface area contributed by atoms with Gasteiger partial charge in [-0.2, -0.15) is 5.10 Å². The smallest absolute Gasteiger partial charge is 0.225 e. The number of nitrogens with one attached hydrogen (secondary N) is 2. The van der Waals surface area contributed by atoms with Crippen LogP contribution in [-0.4, -0.2) is 33.8 Å². The maximum atomic E-state index is 11.6. The van der Waals surface area contributed by atoms with E-state index in [2.05, 4.69) is 20.7 Å². The number of aromatic nitrogens is 3. The Morgan fingerprint density at radius 3 is 2.95 bits per heavy atom. The minimum Gasteiger partial charge on any atom is -0.325 e. The third kappa shape index (κ3) is 3.89. The second-order valence-electron chi connectivity index (χ2n) is 4.01. The van der Waals surface area contributed by atoms with Crippen LogP contribution in [0, 0.1) is 0 Å². The van der Waals surface area contributed by atoms with Gasteiger partial charge in [0.25, 0.3) is 0 Å². The van der Waals surface area contributed by atoms with Crippen molar-refractivity contribution in [1.82, 2.24) is 20.1 Å². The SMILES string of the molecule is CCNCCC(=O)Nc1ccc(-n2cccn2)nc1. The van der Waals surface area contributed by atoms with Crippen LogP contribution in [0.15, 0.2) is 36.8 Å². The van der Waals surface area contributed by atoms with Gasteiger partial charge in [-0.05, 0) is 24.7 Å². The summed E-state index contributed by atoms with van der Waals surface area (Å²) in [5.41, 5.74) is 0.692. The topological polar surface area (TPSA) is 71.8 Å². The largest absolute Gasteiger partial charge is 0.325 e. The molecule has 2 rings (SSSR count). The standard InChI is InChI=1S/C13H17N5O/c1-2-14-8-6-13(19)17-11-4-5-12(15-10-11)18-9-3-7-16-18/h3-5,7,9-10,14H,2,6,8H2,1H3,(H,17,19). The Bertz CT molecular complexity index is 506. The first-order valence-electron chi connectivity index (χ1n) is 6.26. The van der Waals surface area contributed by atoms with Gasteiger partial charge in [-0.25, -0.2) is 9.67 Å². The van der Waals surface area contributed by atoms with E-state index in [9.17, 15) is 4.79 Å². The van der Waals surface area contributed by atoms with E-state index in [4.69, 9.17) is 0 Å². The molecule has 2 aromatic heterocycles. The molecule has 0 radical (unpaired) electrons. The van der Waals surface area contributed by atoms with Crippen LogP contribution < -0.4 is 10.6 Å². The first kappa shape index (κ1) is 13.2. The molecule has 6 heteroatoms. The molecule has 0 spiro atoms. The molecule has 0 saturated carbocycles. The van der Waals surface area contributed by atoms with E-state index in [1.165, 1.54) is 0 Å². The van der Waals surface area contributed by atoms with E-state index < -0.39 is 0 Å². The molecule has 0 aromatic carbocycles. The van der Waals surface area contributed by atoms with Gasteiger partial charge in [0.05, 0.1) is 11.9 Å². The Labute approximate surface area is 111 Å². The number of rotatable bonds is 6. The van der Waals surface area contributed by atoms with Gasteiger partial charge in [0, 0.05) is 25.4 Å². The average Bonchev–Trinajstić information content (AvgIpc) is 2.94. The van der Waals surface area contributed by atoms with E-state index in [0.29, 0.717) is 18.7 Å². The summed E-state index contributed by atoms with van der Waals surface area (Å²) in [6.45, 7) is 3.56. The van der Waals surface area contributed by atoms with E-state index in [1.54, 1.807) is 17.1 Å². The van der Waals surface area contributed by atoms with Crippen LogP contribution in [0.2, 0.25) is 0 Å². The molecule has 2 aromatic rings. The van der Waals surface area contributed by atoms with E-state index in [1.807, 2.05) is 31.3 Å². The van der Waals surface area contributed by atoms with Crippen molar-refractivity contribution in [3.63, 3.8) is 0 Å². The number of hydrogen-bond donors (Lipinski definition) is 2. The zero-order valence-electron chi connectivity index (χ0n) is 10.8. The molecule has 0 aliphatic heterocycles. The Morgan fingerprint density at radius 2 is 2.32 bits per heavy atom. The van der Waals surface area contributed by atoms with Crippen LogP contribution in [0.25, 0.3) is 5.82 Å². The van der Waals surface area contributed by atoms with Gasteiger partial charge in [0.2, 0.25) is 5.91 Å². The van der Waals surface area contributed by atoms with Crippen LogP contribution in [-0.2, 0) is 4.79 Å². The Kier molecular flexibility index (Phi) is 4.63. The van der Waals surface area contributed by atoms with Gasteiger partial charge in [0.1, 0.15) is 0 Å². The highest BCUT2D eigenvalue weighted by Gasteiger charge is 2.03. The van der Waals surface area contributed by atoms with Crippen molar-refractivity contribution in [2.24, 2.45) is 0 Å². The van der Waals surface area contributed by atoms with Crippen LogP contribution in [0.5, 0.6) is 0 Å². The third-order valence-corrected chi connectivity index (χ3v) is 2.55. The number of nitrogens with zero attached hydrogens (tertiary/aromatic N) is 3. The summed E-state index contributed by atoms with van der Waals surface area (Å²) in [6, 6.07) is 5.46. The highest BCUT2D eigenvalue weighted by molar-refractivity contribution is 5.90. The van der Waals surface area contributed by atoms with Gasteiger partial charge in [-0.15, -0.1) is 0 Å². The number of carbonyl (C=O) groups excluding carboxylic acids is 1. The maximum absolute atomic E-state index is 11.6. The van der Waals surface area contributed by atoms with Crippen molar-refractivity contribution < 1.29 is 4.79 Å². The Morgan fingerprint density at radius 1 is 1.42 bits per heavy atom. The number of anilines is 1. The fraction of sp³-hybridized carbons (Fsp3) is 0.308. The number of pyridine rings is 1. The fourth-order valence-electron chi connectivity index (χ4n) is 1.60. The van der Waals surface area contributed by atoms with Crippen molar-refractivity contribution in [2.75, 3.05) is 18.4 Å². The summed E-state index contributed by atoms with van der Waals surface area (Å²) in [7, 11) is 0. The molecule has 0 aliphatic carbocycles. The van der Waals surface area contributed by atoms with Crippen molar-refractivity contribution in [3.05, 3.63) is 36.8 Å². The molecule has 19 heavy (non-hydrogen) atoms. The highest BCUT2D eigenvalue weighted by Crippen LogP contribution is 2.09. The van der Waals surface area contributed by atoms with Gasteiger partial charge < -0.3 is 10.6 Å². The first-order chi connectivity index (χ1) is 9.29. The maximum Gasteiger partial charge on any atom is 0.225 e. The van der Waals surface area contributed by atoms with E-state index in [-0.39, 0.29) is 5.91 Å². The summed E-state index contributed by atoms with van der Waals surface area (Å²) < 4.78 is 1.66. The number of carbonyl (C=O) groups is 1. The molecular formula is C13H17N5O. The second-order valence-corrected chi connectivity index (χ2v) is 4.01. The minimum atomic E-state index is -0.0189. The van der Waals surface area contributed by atoms with E-state index in [0.717, 1.165) is 12.4 Å². The summed E-state index contributed by atoms with van der Waals surface area (Å²) in [6.07, 6.45) is 5.59. The summed E-state index contributed by atoms with van der Waals surface area (Å²) in [4.78, 5) is 15.8. The molecule has 0 aliphatic rings. The molecule has 100 valence electrons. The van der Waals surface area contributed by atoms with E-state index >= 15 is 0 Å². The molecule has 0 saturated heterocycles. The fourth-order valence-corrected chi connectivity index (χ4v) is 1.60. The molecule has 1 amide bonds. The summed E-state index contributed by atoms with van der Waals surface area (Å²) in [5, 5.41) is 9.99. The highest BCUT2D eigenvalue weighted by atomic mass is 16.1. The average molecular weight is 259 g/mol. The lowest BCUT2D eigenvalue weighted by atomic mass is 10.3. The molecule has 2 heterocycles. The lowest BCUT2D eigenvalue weighted by Gasteiger charge is -2.06. The van der Waals surface area contributed by atoms with Gasteiger partial charge in [-0.3, -0.25) is 4.79 Å². The van der Waals surface area contributed by atoms with Gasteiger partial charge in [-0.1, -0.05) is 6.92 Å². The van der Waals surface area contributed by atoms with Crippen LogP contribution >= 0.6 is 0 Å². The second kappa shape index (κ2) is 6.65. The molecule has 6 nitrogen and oxygen atoms in total. The molecule has 0 atom stereocenters. The van der Waals surface area contributed by atoms with Crippen molar-refractivity contribution >= 4 is 11.6 Å². The van der Waals surface area contributed by atoms with Crippen LogP contribution in [0.3, 0.4) is 0 Å². The number of amides is 1. The van der Waals surface area contributed by atoms with Gasteiger partial charge in [0.15, 0.2) is 5.82 Å². The Balaban J connectivity index is 1.90. The van der Waals surface area contributed by atoms with Crippen molar-refractivity contribution in [3.8, 4) is 5.82 Å². The molecular weight excluding hydrogens is 242 g/mol. The monoisotopic (exact) mass is 259 g/mol. The third-order valence-electron chi connectivity index (χ3n) is 2.55. The van der Waals surface area contributed by atoms with Crippen molar-refractivity contribution in [1.29, 1.82) is 0 Å². The summed E-state index contributed by atoms with van der Waals surface area (Å²) in [5.74, 6) is 0.699. The molecule has 0 bridgehead atoms. The zero-order valence-corrected chi connectivity index (χ0v) is 10.8. The quantitative estimate of drug-likeness (QED) is 0.765. The predicted octanol–water partition coefficient (Wildman–Crippen LogP) is 1.21. The molecule has 0 fully saturated rings. The molecule has 0 unspecified atom stereocenters. The van der Waals surface area contributed by atoms with Crippen LogP contribution in [0.1, 0.15) is 13.3 Å². The zero-order chi connectivity index (χ0) is 13.5.